The number of morpholine rings is 1. The van der Waals surface area contributed by atoms with Crippen LogP contribution in [0.3, 0.4) is 0 Å². The molecule has 172 valence electrons. The van der Waals surface area contributed by atoms with Gasteiger partial charge >= 0.3 is 0 Å². The summed E-state index contributed by atoms with van der Waals surface area (Å²) in [6.07, 6.45) is -0.407. The second-order valence-corrected chi connectivity index (χ2v) is 7.74. The highest BCUT2D eigenvalue weighted by Crippen LogP contribution is 2.16. The van der Waals surface area contributed by atoms with Gasteiger partial charge in [-0.3, -0.25) is 9.59 Å². The molecule has 1 aliphatic rings. The lowest BCUT2D eigenvalue weighted by atomic mass is 10.1. The van der Waals surface area contributed by atoms with Crippen LogP contribution < -0.4 is 4.74 Å². The Hall–Kier alpha value is -2.68. The van der Waals surface area contributed by atoms with Crippen molar-refractivity contribution in [2.75, 3.05) is 53.1 Å². The number of hydrogen-bond acceptors (Lipinski definition) is 5. The second-order valence-electron chi connectivity index (χ2n) is 7.30. The van der Waals surface area contributed by atoms with Crippen molar-refractivity contribution < 1.29 is 28.2 Å². The minimum Gasteiger partial charge on any atom is -0.484 e. The molecule has 2 aromatic carbocycles. The van der Waals surface area contributed by atoms with Gasteiger partial charge in [-0.05, 0) is 36.4 Å². The van der Waals surface area contributed by atoms with E-state index in [2.05, 4.69) is 0 Å². The van der Waals surface area contributed by atoms with Gasteiger partial charge in [0.1, 0.15) is 11.6 Å². The molecule has 1 atom stereocenters. The molecule has 7 nitrogen and oxygen atoms in total. The van der Waals surface area contributed by atoms with E-state index in [-0.39, 0.29) is 31.2 Å². The van der Waals surface area contributed by atoms with Crippen LogP contribution in [0.1, 0.15) is 10.4 Å². The molecule has 2 aromatic rings. The van der Waals surface area contributed by atoms with E-state index in [0.717, 1.165) is 0 Å². The van der Waals surface area contributed by atoms with Crippen molar-refractivity contribution in [3.05, 3.63) is 64.9 Å². The van der Waals surface area contributed by atoms with Gasteiger partial charge in [0.2, 0.25) is 0 Å². The summed E-state index contributed by atoms with van der Waals surface area (Å²) in [7, 11) is 1.53. The average Bonchev–Trinajstić information content (AvgIpc) is 2.81. The predicted octanol–water partition coefficient (Wildman–Crippen LogP) is 2.87. The summed E-state index contributed by atoms with van der Waals surface area (Å²) >= 11 is 5.85. The van der Waals surface area contributed by atoms with Gasteiger partial charge in [0.15, 0.2) is 6.61 Å². The second kappa shape index (κ2) is 11.8. The maximum Gasteiger partial charge on any atom is 0.260 e. The summed E-state index contributed by atoms with van der Waals surface area (Å²) < 4.78 is 30.6. The Morgan fingerprint density at radius 3 is 2.69 bits per heavy atom. The monoisotopic (exact) mass is 464 g/mol. The molecule has 3 rings (SSSR count). The van der Waals surface area contributed by atoms with E-state index in [0.29, 0.717) is 37.1 Å². The first-order chi connectivity index (χ1) is 15.5. The van der Waals surface area contributed by atoms with Gasteiger partial charge in [-0.1, -0.05) is 23.7 Å². The smallest absolute Gasteiger partial charge is 0.260 e. The van der Waals surface area contributed by atoms with E-state index in [9.17, 15) is 14.0 Å². The molecule has 9 heteroatoms. The highest BCUT2D eigenvalue weighted by atomic mass is 35.5. The minimum atomic E-state index is -0.583. The van der Waals surface area contributed by atoms with Gasteiger partial charge in [-0.25, -0.2) is 4.39 Å². The van der Waals surface area contributed by atoms with Crippen LogP contribution in [0, 0.1) is 5.82 Å². The molecule has 0 aliphatic carbocycles. The van der Waals surface area contributed by atoms with Crippen molar-refractivity contribution in [1.29, 1.82) is 0 Å². The zero-order valence-electron chi connectivity index (χ0n) is 17.8. The van der Waals surface area contributed by atoms with Gasteiger partial charge in [0, 0.05) is 38.3 Å². The molecule has 1 saturated heterocycles. The average molecular weight is 465 g/mol. The van der Waals surface area contributed by atoms with Crippen molar-refractivity contribution in [3.63, 3.8) is 0 Å². The Morgan fingerprint density at radius 1 is 1.22 bits per heavy atom. The maximum atomic E-state index is 14.1. The number of benzene rings is 2. The lowest BCUT2D eigenvalue weighted by Gasteiger charge is -2.35. The van der Waals surface area contributed by atoms with Crippen molar-refractivity contribution >= 4 is 23.4 Å². The molecule has 1 unspecified atom stereocenters. The van der Waals surface area contributed by atoms with Crippen LogP contribution in [0.2, 0.25) is 5.02 Å². The molecule has 32 heavy (non-hydrogen) atoms. The first kappa shape index (κ1) is 24.0. The number of carbonyl (C=O) groups excluding carboxylic acids is 2. The van der Waals surface area contributed by atoms with Crippen LogP contribution >= 0.6 is 11.6 Å². The zero-order chi connectivity index (χ0) is 22.9. The topological polar surface area (TPSA) is 68.3 Å². The quantitative estimate of drug-likeness (QED) is 0.571. The van der Waals surface area contributed by atoms with Crippen LogP contribution in [-0.4, -0.2) is 80.8 Å². The van der Waals surface area contributed by atoms with Gasteiger partial charge in [-0.2, -0.15) is 0 Å². The van der Waals surface area contributed by atoms with E-state index in [1.165, 1.54) is 30.2 Å². The maximum absolute atomic E-state index is 14.1. The third kappa shape index (κ3) is 6.66. The number of ether oxygens (including phenoxy) is 3. The highest BCUT2D eigenvalue weighted by Gasteiger charge is 2.28. The number of hydrogen-bond donors (Lipinski definition) is 0. The fraction of sp³-hybridized carbons (Fsp3) is 0.391. The fourth-order valence-corrected chi connectivity index (χ4v) is 3.48. The van der Waals surface area contributed by atoms with Gasteiger partial charge < -0.3 is 24.0 Å². The van der Waals surface area contributed by atoms with Crippen LogP contribution in [0.4, 0.5) is 4.39 Å². The fourth-order valence-electron chi connectivity index (χ4n) is 3.35. The van der Waals surface area contributed by atoms with Crippen LogP contribution in [-0.2, 0) is 14.3 Å². The van der Waals surface area contributed by atoms with Gasteiger partial charge in [0.25, 0.3) is 11.8 Å². The van der Waals surface area contributed by atoms with Gasteiger partial charge in [-0.15, -0.1) is 0 Å². The van der Waals surface area contributed by atoms with E-state index in [1.807, 2.05) is 0 Å². The number of halogens is 2. The summed E-state index contributed by atoms with van der Waals surface area (Å²) in [6.45, 7) is 1.73. The first-order valence-corrected chi connectivity index (χ1v) is 10.7. The summed E-state index contributed by atoms with van der Waals surface area (Å²) in [5.74, 6) is -0.662. The zero-order valence-corrected chi connectivity index (χ0v) is 18.6. The van der Waals surface area contributed by atoms with Gasteiger partial charge in [0.05, 0.1) is 24.9 Å². The molecule has 0 bridgehead atoms. The van der Waals surface area contributed by atoms with E-state index in [1.54, 1.807) is 35.2 Å². The highest BCUT2D eigenvalue weighted by molar-refractivity contribution is 6.30. The summed E-state index contributed by atoms with van der Waals surface area (Å²) in [5.41, 5.74) is -0.0105. The van der Waals surface area contributed by atoms with Crippen LogP contribution in [0.5, 0.6) is 5.75 Å². The molecular weight excluding hydrogens is 439 g/mol. The Bertz CT molecular complexity index is 912. The van der Waals surface area contributed by atoms with Crippen molar-refractivity contribution in [2.24, 2.45) is 0 Å². The standard InChI is InChI=1S/C23H26ClFN2O5/c1-30-12-10-27(23(29)20-4-2-3-5-21(20)25)15-19-14-26(11-13-31-19)22(28)16-32-18-8-6-17(24)7-9-18/h2-9,19H,10-16H2,1H3. The molecular formula is C23H26ClFN2O5. The first-order valence-electron chi connectivity index (χ1n) is 10.3. The Kier molecular flexibility index (Phi) is 8.84. The number of methoxy groups -OCH3 is 1. The summed E-state index contributed by atoms with van der Waals surface area (Å²) in [4.78, 5) is 28.7. The molecule has 0 aromatic heterocycles. The van der Waals surface area contributed by atoms with Crippen molar-refractivity contribution in [2.45, 2.75) is 6.10 Å². The molecule has 0 N–H and O–H groups in total. The Morgan fingerprint density at radius 2 is 1.97 bits per heavy atom. The minimum absolute atomic E-state index is 0.0105. The third-order valence-corrected chi connectivity index (χ3v) is 5.30. The number of rotatable bonds is 9. The number of nitrogens with zero attached hydrogens (tertiary/aromatic N) is 2. The lowest BCUT2D eigenvalue weighted by Crippen LogP contribution is -2.52. The molecule has 0 radical (unpaired) electrons. The van der Waals surface area contributed by atoms with Crippen molar-refractivity contribution in [3.8, 4) is 5.75 Å². The van der Waals surface area contributed by atoms with Crippen LogP contribution in [0.25, 0.3) is 0 Å². The number of carbonyl (C=O) groups is 2. The summed E-state index contributed by atoms with van der Waals surface area (Å²) in [6, 6.07) is 12.6. The Balaban J connectivity index is 1.59. The molecule has 0 spiro atoms. The molecule has 2 amide bonds. The lowest BCUT2D eigenvalue weighted by molar-refractivity contribution is -0.141. The summed E-state index contributed by atoms with van der Waals surface area (Å²) in [5, 5.41) is 0.586. The molecule has 0 saturated carbocycles. The van der Waals surface area contributed by atoms with E-state index < -0.39 is 17.8 Å². The molecule has 1 aliphatic heterocycles. The van der Waals surface area contributed by atoms with E-state index >= 15 is 0 Å². The third-order valence-electron chi connectivity index (χ3n) is 5.05. The normalized spacial score (nSPS) is 16.0. The van der Waals surface area contributed by atoms with E-state index in [4.69, 9.17) is 25.8 Å². The number of amides is 2. The predicted molar refractivity (Wildman–Crippen MR) is 117 cm³/mol. The SMILES string of the molecule is COCCN(CC1CN(C(=O)COc2ccc(Cl)cc2)CCO1)C(=O)c1ccccc1F. The van der Waals surface area contributed by atoms with Crippen molar-refractivity contribution in [1.82, 2.24) is 9.80 Å². The largest absolute Gasteiger partial charge is 0.484 e. The van der Waals surface area contributed by atoms with Crippen LogP contribution in [0.15, 0.2) is 48.5 Å². The molecule has 1 fully saturated rings. The Labute approximate surface area is 191 Å². The molecule has 1 heterocycles.